The van der Waals surface area contributed by atoms with Crippen molar-refractivity contribution in [2.45, 2.75) is 26.0 Å². The third-order valence-corrected chi connectivity index (χ3v) is 4.48. The number of hydrogen-bond donors (Lipinski definition) is 1. The molecule has 6 heteroatoms. The van der Waals surface area contributed by atoms with Gasteiger partial charge in [-0.3, -0.25) is 9.69 Å². The van der Waals surface area contributed by atoms with Gasteiger partial charge in [0.2, 0.25) is 0 Å². The largest absolute Gasteiger partial charge is 0.493 e. The highest BCUT2D eigenvalue weighted by atomic mass is 35.5. The number of aliphatic hydroxyl groups excluding tert-OH is 1. The van der Waals surface area contributed by atoms with Crippen LogP contribution in [-0.2, 0) is 17.8 Å². The number of piperazine rings is 1. The Hall–Kier alpha value is -1.30. The fraction of sp³-hybridized carbons (Fsp3) is 0.562. The zero-order chi connectivity index (χ0) is 15.7. The van der Waals surface area contributed by atoms with Gasteiger partial charge < -0.3 is 14.7 Å². The normalized spacial score (nSPS) is 19.7. The molecule has 3 rings (SSSR count). The molecule has 0 aliphatic carbocycles. The quantitative estimate of drug-likeness (QED) is 0.910. The summed E-state index contributed by atoms with van der Waals surface area (Å²) in [5.41, 5.74) is 2.31. The van der Waals surface area contributed by atoms with Crippen LogP contribution in [-0.4, -0.2) is 59.7 Å². The molecule has 1 amide bonds. The minimum absolute atomic E-state index is 0.188. The molecule has 120 valence electrons. The van der Waals surface area contributed by atoms with E-state index in [1.54, 1.807) is 4.90 Å². The second kappa shape index (κ2) is 6.44. The minimum atomic E-state index is -0.920. The van der Waals surface area contributed by atoms with Gasteiger partial charge in [0, 0.05) is 49.7 Å². The first-order chi connectivity index (χ1) is 10.5. The van der Waals surface area contributed by atoms with E-state index in [2.05, 4.69) is 4.90 Å². The van der Waals surface area contributed by atoms with Crippen molar-refractivity contribution in [3.05, 3.63) is 28.3 Å². The molecule has 0 aromatic heterocycles. The average molecular weight is 325 g/mol. The molecule has 1 N–H and O–H groups in total. The smallest absolute Gasteiger partial charge is 0.251 e. The number of hydrogen-bond acceptors (Lipinski definition) is 4. The lowest BCUT2D eigenvalue weighted by Gasteiger charge is -2.35. The van der Waals surface area contributed by atoms with Crippen LogP contribution in [0.4, 0.5) is 0 Å². The maximum Gasteiger partial charge on any atom is 0.251 e. The summed E-state index contributed by atoms with van der Waals surface area (Å²) in [6.45, 7) is 5.89. The molecule has 2 aliphatic rings. The van der Waals surface area contributed by atoms with E-state index in [-0.39, 0.29) is 5.91 Å². The Balaban J connectivity index is 1.63. The third kappa shape index (κ3) is 3.21. The molecule has 5 nitrogen and oxygen atoms in total. The maximum atomic E-state index is 11.8. The van der Waals surface area contributed by atoms with E-state index in [0.717, 1.165) is 49.0 Å². The molecular formula is C16H21ClN2O3. The highest BCUT2D eigenvalue weighted by molar-refractivity contribution is 6.30. The van der Waals surface area contributed by atoms with E-state index in [0.29, 0.717) is 13.1 Å². The molecule has 1 saturated heterocycles. The molecule has 1 aromatic carbocycles. The van der Waals surface area contributed by atoms with Crippen molar-refractivity contribution in [1.82, 2.24) is 9.80 Å². The molecule has 22 heavy (non-hydrogen) atoms. The number of nitrogens with zero attached hydrogens (tertiary/aromatic N) is 2. The van der Waals surface area contributed by atoms with Crippen LogP contribution in [0.25, 0.3) is 0 Å². The second-order valence-electron chi connectivity index (χ2n) is 5.93. The number of amides is 1. The van der Waals surface area contributed by atoms with Gasteiger partial charge in [0.1, 0.15) is 11.9 Å². The number of carbonyl (C=O) groups is 1. The van der Waals surface area contributed by atoms with Gasteiger partial charge in [-0.25, -0.2) is 0 Å². The van der Waals surface area contributed by atoms with Crippen molar-refractivity contribution in [2.75, 3.05) is 32.8 Å². The van der Waals surface area contributed by atoms with E-state index >= 15 is 0 Å². The van der Waals surface area contributed by atoms with Crippen molar-refractivity contribution < 1.29 is 14.6 Å². The number of benzene rings is 1. The topological polar surface area (TPSA) is 53.0 Å². The summed E-state index contributed by atoms with van der Waals surface area (Å²) >= 11 is 6.19. The van der Waals surface area contributed by atoms with E-state index < -0.39 is 6.10 Å². The number of fused-ring (bicyclic) bond motifs is 1. The molecule has 1 fully saturated rings. The Kier molecular flexibility index (Phi) is 4.57. The Labute approximate surface area is 135 Å². The zero-order valence-corrected chi connectivity index (χ0v) is 13.5. The third-order valence-electron chi connectivity index (χ3n) is 4.26. The number of rotatable bonds is 3. The van der Waals surface area contributed by atoms with Crippen molar-refractivity contribution in [2.24, 2.45) is 0 Å². The summed E-state index contributed by atoms with van der Waals surface area (Å²) in [5.74, 6) is 0.790. The van der Waals surface area contributed by atoms with Gasteiger partial charge >= 0.3 is 0 Å². The minimum Gasteiger partial charge on any atom is -0.493 e. The van der Waals surface area contributed by atoms with Gasteiger partial charge in [-0.2, -0.15) is 0 Å². The zero-order valence-electron chi connectivity index (χ0n) is 12.7. The summed E-state index contributed by atoms with van der Waals surface area (Å²) in [6.07, 6.45) is -0.00400. The Morgan fingerprint density at radius 2 is 2.09 bits per heavy atom. The van der Waals surface area contributed by atoms with Crippen LogP contribution in [0.1, 0.15) is 18.1 Å². The summed E-state index contributed by atoms with van der Waals surface area (Å²) in [6, 6.07) is 3.95. The Morgan fingerprint density at radius 3 is 2.77 bits per heavy atom. The van der Waals surface area contributed by atoms with E-state index in [4.69, 9.17) is 16.3 Å². The van der Waals surface area contributed by atoms with Crippen LogP contribution in [0.15, 0.2) is 12.1 Å². The van der Waals surface area contributed by atoms with Crippen molar-refractivity contribution in [3.8, 4) is 5.75 Å². The van der Waals surface area contributed by atoms with Crippen LogP contribution in [0.2, 0.25) is 5.02 Å². The van der Waals surface area contributed by atoms with Crippen molar-refractivity contribution >= 4 is 17.5 Å². The fourth-order valence-corrected chi connectivity index (χ4v) is 3.36. The van der Waals surface area contributed by atoms with Crippen LogP contribution in [0, 0.1) is 0 Å². The molecule has 2 aliphatic heterocycles. The first kappa shape index (κ1) is 15.6. The summed E-state index contributed by atoms with van der Waals surface area (Å²) in [7, 11) is 0. The first-order valence-electron chi connectivity index (χ1n) is 7.68. The fourth-order valence-electron chi connectivity index (χ4n) is 3.09. The molecule has 0 spiro atoms. The van der Waals surface area contributed by atoms with Gasteiger partial charge in [0.05, 0.1) is 6.61 Å². The number of halogens is 1. The molecule has 0 saturated carbocycles. The molecule has 0 bridgehead atoms. The Morgan fingerprint density at radius 1 is 1.36 bits per heavy atom. The monoisotopic (exact) mass is 324 g/mol. The maximum absolute atomic E-state index is 11.8. The molecule has 2 heterocycles. The second-order valence-corrected chi connectivity index (χ2v) is 6.37. The van der Waals surface area contributed by atoms with E-state index in [9.17, 15) is 9.90 Å². The van der Waals surface area contributed by atoms with Gasteiger partial charge in [0.25, 0.3) is 5.91 Å². The molecule has 1 aromatic rings. The number of ether oxygens (including phenoxy) is 1. The summed E-state index contributed by atoms with van der Waals surface area (Å²) in [5, 5.41) is 10.1. The lowest BCUT2D eigenvalue weighted by atomic mass is 10.1. The first-order valence-corrected chi connectivity index (χ1v) is 8.05. The SMILES string of the molecule is CC(O)C(=O)N1CCN(Cc2cc(Cl)cc3c2OCC3)CC1. The Bertz CT molecular complexity index is 569. The van der Waals surface area contributed by atoms with Gasteiger partial charge in [-0.15, -0.1) is 0 Å². The summed E-state index contributed by atoms with van der Waals surface area (Å²) in [4.78, 5) is 15.8. The van der Waals surface area contributed by atoms with Crippen LogP contribution in [0.5, 0.6) is 5.75 Å². The predicted molar refractivity (Wildman–Crippen MR) is 84.2 cm³/mol. The number of aliphatic hydroxyl groups is 1. The highest BCUT2D eigenvalue weighted by Gasteiger charge is 2.25. The molecule has 1 unspecified atom stereocenters. The van der Waals surface area contributed by atoms with Crippen molar-refractivity contribution in [3.63, 3.8) is 0 Å². The highest BCUT2D eigenvalue weighted by Crippen LogP contribution is 2.33. The summed E-state index contributed by atoms with van der Waals surface area (Å²) < 4.78 is 5.73. The molecular weight excluding hydrogens is 304 g/mol. The lowest BCUT2D eigenvalue weighted by Crippen LogP contribution is -2.50. The van der Waals surface area contributed by atoms with Gasteiger partial charge in [0.15, 0.2) is 0 Å². The number of carbonyl (C=O) groups excluding carboxylic acids is 1. The van der Waals surface area contributed by atoms with Crippen LogP contribution >= 0.6 is 11.6 Å². The van der Waals surface area contributed by atoms with Crippen molar-refractivity contribution in [1.29, 1.82) is 0 Å². The standard InChI is InChI=1S/C16H21ClN2O3/c1-11(20)16(21)19-5-3-18(4-6-19)10-13-9-14(17)8-12-2-7-22-15(12)13/h8-9,11,20H,2-7,10H2,1H3. The average Bonchev–Trinajstić information content (AvgIpc) is 2.95. The van der Waals surface area contributed by atoms with E-state index in [1.165, 1.54) is 12.5 Å². The predicted octanol–water partition coefficient (Wildman–Crippen LogP) is 1.30. The lowest BCUT2D eigenvalue weighted by molar-refractivity contribution is -0.141. The molecule has 0 radical (unpaired) electrons. The van der Waals surface area contributed by atoms with Crippen LogP contribution in [0.3, 0.4) is 0 Å². The van der Waals surface area contributed by atoms with Gasteiger partial charge in [-0.05, 0) is 24.6 Å². The van der Waals surface area contributed by atoms with E-state index in [1.807, 2.05) is 12.1 Å². The molecule has 1 atom stereocenters. The van der Waals surface area contributed by atoms with Gasteiger partial charge in [-0.1, -0.05) is 11.6 Å². The van der Waals surface area contributed by atoms with Crippen LogP contribution < -0.4 is 4.74 Å².